The molecule has 3 N–H and O–H groups in total. The van der Waals surface area contributed by atoms with Crippen molar-refractivity contribution >= 4 is 37.7 Å². The highest BCUT2D eigenvalue weighted by atomic mass is 32.1. The molecule has 0 radical (unpaired) electrons. The van der Waals surface area contributed by atoms with Gasteiger partial charge in [-0.15, -0.1) is 0 Å². The maximum Gasteiger partial charge on any atom is 0.323 e. The number of benzene rings is 2. The normalized spacial score (nSPS) is 11.2. The van der Waals surface area contributed by atoms with Crippen molar-refractivity contribution in [2.45, 2.75) is 6.54 Å². The van der Waals surface area contributed by atoms with Gasteiger partial charge in [-0.25, -0.2) is 9.78 Å². The average molecular weight is 296 g/mol. The number of H-pyrrole nitrogens is 2. The van der Waals surface area contributed by atoms with Gasteiger partial charge in [0.2, 0.25) is 0 Å². The highest BCUT2D eigenvalue weighted by Gasteiger charge is 2.04. The van der Waals surface area contributed by atoms with E-state index in [1.807, 2.05) is 36.4 Å². The molecule has 0 bridgehead atoms. The largest absolute Gasteiger partial charge is 0.357 e. The quantitative estimate of drug-likeness (QED) is 0.544. The van der Waals surface area contributed by atoms with Crippen LogP contribution in [-0.4, -0.2) is 15.0 Å². The summed E-state index contributed by atoms with van der Waals surface area (Å²) in [5.41, 5.74) is 3.57. The fraction of sp³-hybridized carbons (Fsp3) is 0.0667. The lowest BCUT2D eigenvalue weighted by atomic mass is 10.2. The van der Waals surface area contributed by atoms with Gasteiger partial charge in [0.1, 0.15) is 0 Å². The maximum atomic E-state index is 11.2. The van der Waals surface area contributed by atoms with Crippen LogP contribution < -0.4 is 11.0 Å². The Labute approximate surface area is 123 Å². The first-order chi connectivity index (χ1) is 10.3. The van der Waals surface area contributed by atoms with Gasteiger partial charge < -0.3 is 15.3 Å². The van der Waals surface area contributed by atoms with Crippen molar-refractivity contribution in [2.75, 3.05) is 5.32 Å². The van der Waals surface area contributed by atoms with Gasteiger partial charge in [-0.3, -0.25) is 0 Å². The molecule has 6 heteroatoms. The first kappa shape index (κ1) is 12.2. The highest BCUT2D eigenvalue weighted by molar-refractivity contribution is 7.22. The standard InChI is InChI=1S/C15H12N4OS/c20-14-17-10-6-5-9(7-12(10)18-14)8-16-15-19-11-3-1-2-4-13(11)21-15/h1-7H,8H2,(H,16,19)(H2,17,18,20). The third-order valence-electron chi connectivity index (χ3n) is 3.32. The van der Waals surface area contributed by atoms with E-state index in [1.54, 1.807) is 11.3 Å². The molecule has 0 unspecified atom stereocenters. The van der Waals surface area contributed by atoms with Gasteiger partial charge in [0.05, 0.1) is 21.3 Å². The van der Waals surface area contributed by atoms with Crippen LogP contribution >= 0.6 is 11.3 Å². The lowest BCUT2D eigenvalue weighted by molar-refractivity contribution is 1.14. The van der Waals surface area contributed by atoms with Gasteiger partial charge in [0.25, 0.3) is 0 Å². The minimum absolute atomic E-state index is 0.179. The lowest BCUT2D eigenvalue weighted by Crippen LogP contribution is -1.99. The van der Waals surface area contributed by atoms with E-state index in [4.69, 9.17) is 0 Å². The number of fused-ring (bicyclic) bond motifs is 2. The van der Waals surface area contributed by atoms with Crippen LogP contribution in [0.15, 0.2) is 47.3 Å². The Morgan fingerprint density at radius 2 is 1.95 bits per heavy atom. The van der Waals surface area contributed by atoms with Crippen molar-refractivity contribution in [1.82, 2.24) is 15.0 Å². The van der Waals surface area contributed by atoms with E-state index in [9.17, 15) is 4.79 Å². The summed E-state index contributed by atoms with van der Waals surface area (Å²) in [6, 6.07) is 13.9. The highest BCUT2D eigenvalue weighted by Crippen LogP contribution is 2.25. The van der Waals surface area contributed by atoms with E-state index >= 15 is 0 Å². The number of aromatic amines is 2. The number of imidazole rings is 1. The third kappa shape index (κ3) is 2.30. The zero-order valence-electron chi connectivity index (χ0n) is 11.0. The smallest absolute Gasteiger partial charge is 0.323 e. The number of thiazole rings is 1. The van der Waals surface area contributed by atoms with Crippen LogP contribution in [0.2, 0.25) is 0 Å². The van der Waals surface area contributed by atoms with Crippen molar-refractivity contribution < 1.29 is 0 Å². The number of rotatable bonds is 3. The molecule has 0 amide bonds. The number of aromatic nitrogens is 3. The molecule has 0 spiro atoms. The van der Waals surface area contributed by atoms with Crippen molar-refractivity contribution in [1.29, 1.82) is 0 Å². The Balaban J connectivity index is 1.58. The predicted octanol–water partition coefficient (Wildman–Crippen LogP) is 3.08. The second-order valence-electron chi connectivity index (χ2n) is 4.80. The molecule has 0 saturated carbocycles. The Morgan fingerprint density at radius 3 is 2.86 bits per heavy atom. The number of anilines is 1. The van der Waals surface area contributed by atoms with Crippen molar-refractivity contribution in [3.8, 4) is 0 Å². The fourth-order valence-electron chi connectivity index (χ4n) is 2.32. The molecule has 0 aliphatic rings. The Hall–Kier alpha value is -2.60. The molecule has 2 aromatic carbocycles. The molecular formula is C15H12N4OS. The molecule has 0 aliphatic carbocycles. The fourth-order valence-corrected chi connectivity index (χ4v) is 3.18. The summed E-state index contributed by atoms with van der Waals surface area (Å²) >= 11 is 1.64. The summed E-state index contributed by atoms with van der Waals surface area (Å²) < 4.78 is 1.17. The molecule has 104 valence electrons. The molecule has 0 fully saturated rings. The minimum atomic E-state index is -0.179. The van der Waals surface area contributed by atoms with Crippen LogP contribution in [0.4, 0.5) is 5.13 Å². The lowest BCUT2D eigenvalue weighted by Gasteiger charge is -2.02. The zero-order chi connectivity index (χ0) is 14.2. The van der Waals surface area contributed by atoms with Crippen LogP contribution in [0.25, 0.3) is 21.3 Å². The molecule has 5 nitrogen and oxygen atoms in total. The van der Waals surface area contributed by atoms with Crippen LogP contribution in [0.3, 0.4) is 0 Å². The maximum absolute atomic E-state index is 11.2. The number of hydrogen-bond donors (Lipinski definition) is 3. The number of nitrogens with zero attached hydrogens (tertiary/aromatic N) is 1. The van der Waals surface area contributed by atoms with Crippen molar-refractivity contribution in [3.05, 3.63) is 58.5 Å². The van der Waals surface area contributed by atoms with E-state index in [2.05, 4.69) is 26.3 Å². The second kappa shape index (κ2) is 4.75. The Morgan fingerprint density at radius 1 is 1.10 bits per heavy atom. The second-order valence-corrected chi connectivity index (χ2v) is 5.83. The summed E-state index contributed by atoms with van der Waals surface area (Å²) in [4.78, 5) is 21.3. The van der Waals surface area contributed by atoms with Gasteiger partial charge in [0, 0.05) is 6.54 Å². The van der Waals surface area contributed by atoms with Crippen LogP contribution in [0, 0.1) is 0 Å². The average Bonchev–Trinajstić information content (AvgIpc) is 3.06. The molecule has 2 aromatic heterocycles. The molecule has 0 aliphatic heterocycles. The number of hydrogen-bond acceptors (Lipinski definition) is 4. The van der Waals surface area contributed by atoms with Gasteiger partial charge >= 0.3 is 5.69 Å². The van der Waals surface area contributed by atoms with E-state index in [-0.39, 0.29) is 5.69 Å². The molecule has 4 aromatic rings. The van der Waals surface area contributed by atoms with E-state index in [0.29, 0.717) is 6.54 Å². The number of para-hydroxylation sites is 1. The molecule has 4 rings (SSSR count). The van der Waals surface area contributed by atoms with Crippen molar-refractivity contribution in [3.63, 3.8) is 0 Å². The first-order valence-electron chi connectivity index (χ1n) is 6.58. The summed E-state index contributed by atoms with van der Waals surface area (Å²) in [6.07, 6.45) is 0. The molecule has 0 saturated heterocycles. The topological polar surface area (TPSA) is 73.6 Å². The zero-order valence-corrected chi connectivity index (χ0v) is 11.8. The van der Waals surface area contributed by atoms with Gasteiger partial charge in [-0.1, -0.05) is 29.5 Å². The molecule has 21 heavy (non-hydrogen) atoms. The first-order valence-corrected chi connectivity index (χ1v) is 7.40. The molecule has 2 heterocycles. The van der Waals surface area contributed by atoms with Crippen LogP contribution in [0.1, 0.15) is 5.56 Å². The van der Waals surface area contributed by atoms with Gasteiger partial charge in [0.15, 0.2) is 5.13 Å². The van der Waals surface area contributed by atoms with Gasteiger partial charge in [-0.2, -0.15) is 0 Å². The minimum Gasteiger partial charge on any atom is -0.357 e. The van der Waals surface area contributed by atoms with Crippen LogP contribution in [-0.2, 0) is 6.54 Å². The number of nitrogens with one attached hydrogen (secondary N) is 3. The Kier molecular flexibility index (Phi) is 2.75. The monoisotopic (exact) mass is 296 g/mol. The van der Waals surface area contributed by atoms with Crippen molar-refractivity contribution in [2.24, 2.45) is 0 Å². The summed E-state index contributed by atoms with van der Waals surface area (Å²) in [7, 11) is 0. The molecule has 0 atom stereocenters. The predicted molar refractivity (Wildman–Crippen MR) is 85.9 cm³/mol. The van der Waals surface area contributed by atoms with Crippen LogP contribution in [0.5, 0.6) is 0 Å². The van der Waals surface area contributed by atoms with Gasteiger partial charge in [-0.05, 0) is 29.8 Å². The molecular weight excluding hydrogens is 284 g/mol. The van der Waals surface area contributed by atoms with E-state index in [0.717, 1.165) is 27.2 Å². The summed E-state index contributed by atoms with van der Waals surface area (Å²) in [5.74, 6) is 0. The SMILES string of the molecule is O=c1[nH]c2ccc(CNc3nc4ccccc4s3)cc2[nH]1. The van der Waals surface area contributed by atoms with E-state index in [1.165, 1.54) is 4.70 Å². The third-order valence-corrected chi connectivity index (χ3v) is 4.31. The Bertz CT molecular complexity index is 949. The summed E-state index contributed by atoms with van der Waals surface area (Å²) in [5, 5.41) is 4.23. The van der Waals surface area contributed by atoms with E-state index < -0.39 is 0 Å². The summed E-state index contributed by atoms with van der Waals surface area (Å²) in [6.45, 7) is 0.670.